The maximum atomic E-state index is 5.90. The lowest BCUT2D eigenvalue weighted by Gasteiger charge is -2.21. The molecular formula is C27H42ClN5O. The van der Waals surface area contributed by atoms with Gasteiger partial charge in [-0.25, -0.2) is 0 Å². The van der Waals surface area contributed by atoms with Gasteiger partial charge in [-0.1, -0.05) is 107 Å². The molecule has 7 heteroatoms. The van der Waals surface area contributed by atoms with Crippen LogP contribution in [0.25, 0.3) is 11.4 Å². The first-order valence-corrected chi connectivity index (χ1v) is 13.7. The highest BCUT2D eigenvalue weighted by molar-refractivity contribution is 6.19. The smallest absolute Gasteiger partial charge is 0.249 e. The number of nitrogens with zero attached hydrogens (tertiary/aromatic N) is 4. The van der Waals surface area contributed by atoms with E-state index in [1.165, 1.54) is 82.6 Å². The fourth-order valence-electron chi connectivity index (χ4n) is 4.82. The van der Waals surface area contributed by atoms with Crippen molar-refractivity contribution in [3.63, 3.8) is 0 Å². The Hall–Kier alpha value is -2.08. The first-order chi connectivity index (χ1) is 16.7. The van der Waals surface area contributed by atoms with E-state index in [0.29, 0.717) is 17.7 Å². The van der Waals surface area contributed by atoms with E-state index in [1.54, 1.807) is 0 Å². The molecule has 1 fully saturated rings. The summed E-state index contributed by atoms with van der Waals surface area (Å²) >= 11 is 5.55. The molecule has 0 saturated carbocycles. The highest BCUT2D eigenvalue weighted by Gasteiger charge is 2.32. The van der Waals surface area contributed by atoms with E-state index in [9.17, 15) is 0 Å². The standard InChI is InChI=1S/C27H42ClN5O/c1-2-3-4-5-6-7-8-9-10-11-12-13-15-22-17-19-23(20-18-22)25-30-26(34-32-25)24-16-14-21-33(24)27(29)31-28/h17-20,24H,2-16,21H2,1H3,(H2,29,31)/t24-/m0/s1. The van der Waals surface area contributed by atoms with E-state index < -0.39 is 0 Å². The molecule has 1 aliphatic rings. The Morgan fingerprint density at radius 3 is 2.24 bits per heavy atom. The van der Waals surface area contributed by atoms with Gasteiger partial charge in [-0.2, -0.15) is 4.98 Å². The topological polar surface area (TPSA) is 80.5 Å². The summed E-state index contributed by atoms with van der Waals surface area (Å²) < 4.78 is 9.14. The Balaban J connectivity index is 1.33. The van der Waals surface area contributed by atoms with Crippen LogP contribution in [0.15, 0.2) is 33.3 Å². The fourth-order valence-corrected chi connectivity index (χ4v) is 4.92. The van der Waals surface area contributed by atoms with Gasteiger partial charge in [-0.05, 0) is 31.2 Å². The molecule has 1 aromatic heterocycles. The largest absolute Gasteiger partial charge is 0.369 e. The Kier molecular flexibility index (Phi) is 11.7. The number of aryl methyl sites for hydroxylation is 1. The van der Waals surface area contributed by atoms with E-state index in [0.717, 1.165) is 31.4 Å². The summed E-state index contributed by atoms with van der Waals surface area (Å²) in [5.41, 5.74) is 8.24. The summed E-state index contributed by atoms with van der Waals surface area (Å²) in [5, 5.41) is 4.19. The average Bonchev–Trinajstić information content (AvgIpc) is 3.54. The Morgan fingerprint density at radius 2 is 1.62 bits per heavy atom. The number of aromatic nitrogens is 2. The van der Waals surface area contributed by atoms with Crippen molar-refractivity contribution in [3.8, 4) is 11.4 Å². The molecule has 1 aromatic carbocycles. The fraction of sp³-hybridized carbons (Fsp3) is 0.667. The number of guanidine groups is 1. The van der Waals surface area contributed by atoms with Gasteiger partial charge in [0.05, 0.1) is 0 Å². The quantitative estimate of drug-likeness (QED) is 0.159. The molecule has 0 spiro atoms. The molecule has 2 N–H and O–H groups in total. The second-order valence-corrected chi connectivity index (χ2v) is 9.76. The van der Waals surface area contributed by atoms with Crippen molar-refractivity contribution in [3.05, 3.63) is 35.7 Å². The Labute approximate surface area is 210 Å². The SMILES string of the molecule is CCCCCCCCCCCCCCc1ccc(-c2noc([C@@H]3CCCN3C(N)=NCl)n2)cc1. The van der Waals surface area contributed by atoms with Crippen LogP contribution < -0.4 is 5.73 Å². The molecule has 0 amide bonds. The van der Waals surface area contributed by atoms with Gasteiger partial charge >= 0.3 is 0 Å². The van der Waals surface area contributed by atoms with Crippen molar-refractivity contribution in [2.24, 2.45) is 10.2 Å². The van der Waals surface area contributed by atoms with Gasteiger partial charge in [-0.3, -0.25) is 0 Å². The molecule has 0 aliphatic carbocycles. The summed E-state index contributed by atoms with van der Waals surface area (Å²) in [6.45, 7) is 3.07. The van der Waals surface area contributed by atoms with Gasteiger partial charge in [0, 0.05) is 23.9 Å². The Morgan fingerprint density at radius 1 is 1.00 bits per heavy atom. The maximum absolute atomic E-state index is 5.90. The molecule has 188 valence electrons. The molecule has 3 rings (SSSR count). The van der Waals surface area contributed by atoms with E-state index in [2.05, 4.69) is 45.8 Å². The predicted octanol–water partition coefficient (Wildman–Crippen LogP) is 7.59. The third kappa shape index (κ3) is 8.30. The van der Waals surface area contributed by atoms with E-state index in [-0.39, 0.29) is 6.04 Å². The monoisotopic (exact) mass is 487 g/mol. The highest BCUT2D eigenvalue weighted by Crippen LogP contribution is 2.32. The minimum Gasteiger partial charge on any atom is -0.369 e. The molecule has 1 aliphatic heterocycles. The van der Waals surface area contributed by atoms with Crippen LogP contribution in [0.5, 0.6) is 0 Å². The van der Waals surface area contributed by atoms with Crippen LogP contribution >= 0.6 is 11.8 Å². The molecule has 1 atom stereocenters. The first kappa shape index (κ1) is 26.5. The summed E-state index contributed by atoms with van der Waals surface area (Å²) in [7, 11) is 0. The number of nitrogens with two attached hydrogens (primary N) is 1. The van der Waals surface area contributed by atoms with Gasteiger partial charge in [0.15, 0.2) is 0 Å². The summed E-state index contributed by atoms with van der Waals surface area (Å²) in [5.74, 6) is 1.47. The normalized spacial score (nSPS) is 16.5. The van der Waals surface area contributed by atoms with Crippen molar-refractivity contribution < 1.29 is 4.52 Å². The van der Waals surface area contributed by atoms with Crippen molar-refractivity contribution in [2.45, 2.75) is 109 Å². The van der Waals surface area contributed by atoms with Crippen LogP contribution in [0.4, 0.5) is 0 Å². The van der Waals surface area contributed by atoms with Crippen LogP contribution in [0, 0.1) is 0 Å². The van der Waals surface area contributed by atoms with Gasteiger partial charge in [0.2, 0.25) is 17.7 Å². The summed E-state index contributed by atoms with van der Waals surface area (Å²) in [6.07, 6.45) is 19.6. The number of likely N-dealkylation sites (tertiary alicyclic amines) is 1. The number of rotatable bonds is 15. The molecule has 1 saturated heterocycles. The Bertz CT molecular complexity index is 851. The second kappa shape index (κ2) is 15.0. The second-order valence-electron chi connectivity index (χ2n) is 9.59. The van der Waals surface area contributed by atoms with E-state index in [1.807, 2.05) is 4.90 Å². The zero-order valence-corrected chi connectivity index (χ0v) is 21.6. The van der Waals surface area contributed by atoms with Crippen LogP contribution in [0.1, 0.15) is 114 Å². The lowest BCUT2D eigenvalue weighted by atomic mass is 10.0. The minimum absolute atomic E-state index is 0.0613. The van der Waals surface area contributed by atoms with Crippen molar-refractivity contribution in [2.75, 3.05) is 6.54 Å². The van der Waals surface area contributed by atoms with E-state index >= 15 is 0 Å². The molecule has 2 heterocycles. The number of halogens is 1. The van der Waals surface area contributed by atoms with Crippen LogP contribution in [-0.2, 0) is 6.42 Å². The number of hydrogen-bond acceptors (Lipinski definition) is 4. The molecule has 34 heavy (non-hydrogen) atoms. The van der Waals surface area contributed by atoms with Gasteiger partial charge < -0.3 is 15.2 Å². The van der Waals surface area contributed by atoms with Crippen LogP contribution in [0.3, 0.4) is 0 Å². The van der Waals surface area contributed by atoms with Crippen LogP contribution in [-0.4, -0.2) is 27.5 Å². The minimum atomic E-state index is -0.0613. The predicted molar refractivity (Wildman–Crippen MR) is 141 cm³/mol. The zero-order valence-electron chi connectivity index (χ0n) is 20.9. The van der Waals surface area contributed by atoms with Gasteiger partial charge in [0.1, 0.15) is 6.04 Å². The maximum Gasteiger partial charge on any atom is 0.249 e. The van der Waals surface area contributed by atoms with Crippen molar-refractivity contribution in [1.82, 2.24) is 15.0 Å². The van der Waals surface area contributed by atoms with E-state index in [4.69, 9.17) is 22.0 Å². The van der Waals surface area contributed by atoms with Crippen LogP contribution in [0.2, 0.25) is 0 Å². The molecule has 0 radical (unpaired) electrons. The lowest BCUT2D eigenvalue weighted by Crippen LogP contribution is -2.36. The highest BCUT2D eigenvalue weighted by atomic mass is 35.5. The molecule has 0 bridgehead atoms. The number of benzene rings is 1. The zero-order chi connectivity index (χ0) is 24.0. The molecular weight excluding hydrogens is 446 g/mol. The average molecular weight is 488 g/mol. The third-order valence-corrected chi connectivity index (χ3v) is 7.06. The lowest BCUT2D eigenvalue weighted by molar-refractivity contribution is 0.284. The number of hydrogen-bond donors (Lipinski definition) is 1. The summed E-state index contributed by atoms with van der Waals surface area (Å²) in [6, 6.07) is 8.49. The van der Waals surface area contributed by atoms with Gasteiger partial charge in [-0.15, -0.1) is 4.51 Å². The van der Waals surface area contributed by atoms with Crippen molar-refractivity contribution in [1.29, 1.82) is 0 Å². The van der Waals surface area contributed by atoms with Crippen molar-refractivity contribution >= 4 is 17.7 Å². The molecule has 0 unspecified atom stereocenters. The molecule has 2 aromatic rings. The van der Waals surface area contributed by atoms with Gasteiger partial charge in [0.25, 0.3) is 0 Å². The number of unbranched alkanes of at least 4 members (excludes halogenated alkanes) is 11. The first-order valence-electron chi connectivity index (χ1n) is 13.4. The third-order valence-electron chi connectivity index (χ3n) is 6.89. The molecule has 6 nitrogen and oxygen atoms in total. The summed E-state index contributed by atoms with van der Waals surface area (Å²) in [4.78, 5) is 6.54.